The Kier molecular flexibility index (Phi) is 3.77. The maximum Gasteiger partial charge on any atom is 0.178 e. The molecule has 0 spiro atoms. The lowest BCUT2D eigenvalue weighted by Crippen LogP contribution is -2.17. The summed E-state index contributed by atoms with van der Waals surface area (Å²) in [7, 11) is 1.57. The van der Waals surface area contributed by atoms with Crippen LogP contribution in [0.25, 0.3) is 0 Å². The van der Waals surface area contributed by atoms with E-state index in [9.17, 15) is 8.78 Å². The Balaban J connectivity index is 2.42. The number of halogens is 2. The van der Waals surface area contributed by atoms with Crippen molar-refractivity contribution in [3.05, 3.63) is 47.5 Å². The van der Waals surface area contributed by atoms with Crippen molar-refractivity contribution in [3.8, 4) is 6.07 Å². The Bertz CT molecular complexity index is 664. The van der Waals surface area contributed by atoms with E-state index < -0.39 is 11.6 Å². The molecule has 1 aromatic heterocycles. The zero-order chi connectivity index (χ0) is 14.7. The molecule has 0 saturated carbocycles. The van der Waals surface area contributed by atoms with Crippen LogP contribution in [0.5, 0.6) is 0 Å². The molecule has 0 saturated heterocycles. The second-order valence-electron chi connectivity index (χ2n) is 3.99. The van der Waals surface area contributed by atoms with Gasteiger partial charge in [-0.1, -0.05) is 0 Å². The Hall–Kier alpha value is -2.72. The molecule has 0 atom stereocenters. The highest BCUT2D eigenvalue weighted by Crippen LogP contribution is 2.27. The van der Waals surface area contributed by atoms with E-state index in [1.807, 2.05) is 6.07 Å². The Morgan fingerprint density at radius 3 is 2.45 bits per heavy atom. The highest BCUT2D eigenvalue weighted by molar-refractivity contribution is 5.62. The van der Waals surface area contributed by atoms with Gasteiger partial charge in [-0.15, -0.1) is 0 Å². The minimum absolute atomic E-state index is 0.0796. The summed E-state index contributed by atoms with van der Waals surface area (Å²) >= 11 is 0. The maximum absolute atomic E-state index is 13.8. The van der Waals surface area contributed by atoms with E-state index in [0.29, 0.717) is 17.3 Å². The molecule has 0 aliphatic heterocycles. The molecule has 0 fully saturated rings. The third kappa shape index (κ3) is 2.50. The van der Waals surface area contributed by atoms with E-state index in [1.54, 1.807) is 31.3 Å². The first-order chi connectivity index (χ1) is 9.56. The quantitative estimate of drug-likeness (QED) is 0.663. The fraction of sp³-hybridized carbons (Fsp3) is 0.0769. The summed E-state index contributed by atoms with van der Waals surface area (Å²) < 4.78 is 27.1. The molecule has 1 heterocycles. The van der Waals surface area contributed by atoms with Gasteiger partial charge in [0, 0.05) is 18.8 Å². The van der Waals surface area contributed by atoms with E-state index in [0.717, 1.165) is 0 Å². The zero-order valence-corrected chi connectivity index (χ0v) is 10.6. The van der Waals surface area contributed by atoms with Gasteiger partial charge in [-0.3, -0.25) is 0 Å². The van der Waals surface area contributed by atoms with Crippen molar-refractivity contribution in [2.75, 3.05) is 17.4 Å². The van der Waals surface area contributed by atoms with Crippen LogP contribution in [0.2, 0.25) is 0 Å². The number of hydrogen-bond acceptors (Lipinski definition) is 5. The summed E-state index contributed by atoms with van der Waals surface area (Å²) in [5.41, 5.74) is 3.15. The lowest BCUT2D eigenvalue weighted by molar-refractivity contribution is 0.576. The van der Waals surface area contributed by atoms with E-state index in [1.165, 1.54) is 4.90 Å². The number of rotatable bonds is 3. The van der Waals surface area contributed by atoms with Crippen molar-refractivity contribution in [2.45, 2.75) is 0 Å². The molecule has 0 aliphatic rings. The molecule has 0 amide bonds. The fourth-order valence-corrected chi connectivity index (χ4v) is 1.68. The molecule has 0 unspecified atom stereocenters. The number of nitrogens with two attached hydrogens (primary N) is 1. The van der Waals surface area contributed by atoms with Crippen molar-refractivity contribution in [2.24, 2.45) is 5.84 Å². The standard InChI is InChI=1S/C13H11F2N5/c1-20(9-4-2-8(7-16)3-5-9)13-11(15)6-10(14)12(18-13)19-17/h2-6H,17H2,1H3,(H,18,19). The first-order valence-electron chi connectivity index (χ1n) is 5.63. The Labute approximate surface area is 114 Å². The summed E-state index contributed by atoms with van der Waals surface area (Å²) in [6, 6.07) is 9.15. The van der Waals surface area contributed by atoms with Gasteiger partial charge in [0.05, 0.1) is 11.6 Å². The minimum atomic E-state index is -0.873. The van der Waals surface area contributed by atoms with Gasteiger partial charge in [0.25, 0.3) is 0 Å². The van der Waals surface area contributed by atoms with Crippen molar-refractivity contribution >= 4 is 17.3 Å². The van der Waals surface area contributed by atoms with Gasteiger partial charge in [0.2, 0.25) is 0 Å². The van der Waals surface area contributed by atoms with E-state index in [4.69, 9.17) is 11.1 Å². The molecule has 1 aromatic carbocycles. The van der Waals surface area contributed by atoms with Gasteiger partial charge < -0.3 is 10.3 Å². The number of pyridine rings is 1. The predicted molar refractivity (Wildman–Crippen MR) is 71.2 cm³/mol. The number of aromatic nitrogens is 1. The summed E-state index contributed by atoms with van der Waals surface area (Å²) in [6.07, 6.45) is 0. The average molecular weight is 275 g/mol. The van der Waals surface area contributed by atoms with Crippen LogP contribution >= 0.6 is 0 Å². The number of benzene rings is 1. The van der Waals surface area contributed by atoms with Gasteiger partial charge in [-0.05, 0) is 24.3 Å². The largest absolute Gasteiger partial charge is 0.327 e. The van der Waals surface area contributed by atoms with Crippen LogP contribution in [0.1, 0.15) is 5.56 Å². The van der Waals surface area contributed by atoms with E-state index in [-0.39, 0.29) is 11.6 Å². The number of nitrogens with one attached hydrogen (secondary N) is 1. The molecule has 0 bridgehead atoms. The number of nitrogen functional groups attached to an aromatic ring is 1. The number of hydrogen-bond donors (Lipinski definition) is 2. The van der Waals surface area contributed by atoms with Gasteiger partial charge in [0.15, 0.2) is 23.3 Å². The van der Waals surface area contributed by atoms with Gasteiger partial charge >= 0.3 is 0 Å². The fourth-order valence-electron chi connectivity index (χ4n) is 1.68. The monoisotopic (exact) mass is 275 g/mol. The van der Waals surface area contributed by atoms with Crippen LogP contribution in [0, 0.1) is 23.0 Å². The third-order valence-electron chi connectivity index (χ3n) is 2.75. The lowest BCUT2D eigenvalue weighted by atomic mass is 10.2. The van der Waals surface area contributed by atoms with Crippen molar-refractivity contribution < 1.29 is 8.78 Å². The molecular weight excluding hydrogens is 264 g/mol. The number of anilines is 3. The van der Waals surface area contributed by atoms with Crippen LogP contribution < -0.4 is 16.2 Å². The van der Waals surface area contributed by atoms with Crippen LogP contribution in [0.4, 0.5) is 26.1 Å². The molecular formula is C13H11F2N5. The molecule has 0 aliphatic carbocycles. The second-order valence-corrected chi connectivity index (χ2v) is 3.99. The first-order valence-corrected chi connectivity index (χ1v) is 5.63. The van der Waals surface area contributed by atoms with Gasteiger partial charge in [-0.25, -0.2) is 19.6 Å². The molecule has 5 nitrogen and oxygen atoms in total. The smallest absolute Gasteiger partial charge is 0.178 e. The summed E-state index contributed by atoms with van der Waals surface area (Å²) in [5.74, 6) is 3.10. The Morgan fingerprint density at radius 1 is 1.25 bits per heavy atom. The first kappa shape index (κ1) is 13.7. The van der Waals surface area contributed by atoms with Gasteiger partial charge in [0.1, 0.15) is 0 Å². The van der Waals surface area contributed by atoms with Crippen molar-refractivity contribution in [3.63, 3.8) is 0 Å². The van der Waals surface area contributed by atoms with Crippen molar-refractivity contribution in [1.82, 2.24) is 4.98 Å². The topological polar surface area (TPSA) is 78.0 Å². The van der Waals surface area contributed by atoms with Crippen LogP contribution in [-0.2, 0) is 0 Å². The molecule has 0 radical (unpaired) electrons. The second kappa shape index (κ2) is 5.50. The van der Waals surface area contributed by atoms with E-state index in [2.05, 4.69) is 10.4 Å². The van der Waals surface area contributed by atoms with Crippen LogP contribution in [-0.4, -0.2) is 12.0 Å². The van der Waals surface area contributed by atoms with E-state index >= 15 is 0 Å². The normalized spacial score (nSPS) is 9.95. The average Bonchev–Trinajstić information content (AvgIpc) is 2.47. The van der Waals surface area contributed by atoms with Gasteiger partial charge in [-0.2, -0.15) is 5.26 Å². The molecule has 2 rings (SSSR count). The molecule has 7 heteroatoms. The SMILES string of the molecule is CN(c1ccc(C#N)cc1)c1nc(NN)c(F)cc1F. The summed E-state index contributed by atoms with van der Waals surface area (Å²) in [4.78, 5) is 5.21. The Morgan fingerprint density at radius 2 is 1.90 bits per heavy atom. The van der Waals surface area contributed by atoms with Crippen molar-refractivity contribution in [1.29, 1.82) is 5.26 Å². The molecule has 20 heavy (non-hydrogen) atoms. The number of nitriles is 1. The maximum atomic E-state index is 13.8. The number of nitrogens with zero attached hydrogens (tertiary/aromatic N) is 3. The molecule has 2 aromatic rings. The highest BCUT2D eigenvalue weighted by atomic mass is 19.1. The van der Waals surface area contributed by atoms with Crippen LogP contribution in [0.3, 0.4) is 0 Å². The minimum Gasteiger partial charge on any atom is -0.327 e. The number of hydrazine groups is 1. The zero-order valence-electron chi connectivity index (χ0n) is 10.6. The predicted octanol–water partition coefficient (Wildman–Crippen LogP) is 2.28. The third-order valence-corrected chi connectivity index (χ3v) is 2.75. The highest BCUT2D eigenvalue weighted by Gasteiger charge is 2.15. The van der Waals surface area contributed by atoms with Crippen LogP contribution in [0.15, 0.2) is 30.3 Å². The molecule has 102 valence electrons. The lowest BCUT2D eigenvalue weighted by Gasteiger charge is -2.19. The summed E-state index contributed by atoms with van der Waals surface area (Å²) in [6.45, 7) is 0. The summed E-state index contributed by atoms with van der Waals surface area (Å²) in [5, 5.41) is 8.73. The molecule has 3 N–H and O–H groups in total.